The van der Waals surface area contributed by atoms with E-state index in [-0.39, 0.29) is 5.56 Å². The van der Waals surface area contributed by atoms with E-state index in [9.17, 15) is 26.8 Å². The lowest BCUT2D eigenvalue weighted by molar-refractivity contribution is 0.0593. The SMILES string of the molecule is COC(=O)c1cc(C(=O)Nc2cccc(F)c2F)cn1S(C)(=O)=O. The molecule has 2 rings (SSSR count). The van der Waals surface area contributed by atoms with Crippen LogP contribution in [0.15, 0.2) is 30.5 Å². The van der Waals surface area contributed by atoms with Crippen molar-refractivity contribution >= 4 is 27.6 Å². The minimum atomic E-state index is -3.89. The zero-order valence-electron chi connectivity index (χ0n) is 12.5. The van der Waals surface area contributed by atoms with Gasteiger partial charge in [-0.05, 0) is 18.2 Å². The number of benzene rings is 1. The number of nitrogens with zero attached hydrogens (tertiary/aromatic N) is 1. The molecular weight excluding hydrogens is 346 g/mol. The normalized spacial score (nSPS) is 11.2. The highest BCUT2D eigenvalue weighted by atomic mass is 32.2. The van der Waals surface area contributed by atoms with Crippen LogP contribution in [0.4, 0.5) is 14.5 Å². The van der Waals surface area contributed by atoms with Crippen molar-refractivity contribution in [2.75, 3.05) is 18.7 Å². The molecule has 7 nitrogen and oxygen atoms in total. The Kier molecular flexibility index (Phi) is 4.69. The van der Waals surface area contributed by atoms with Gasteiger partial charge in [0, 0.05) is 6.20 Å². The Morgan fingerprint density at radius 1 is 1.25 bits per heavy atom. The summed E-state index contributed by atoms with van der Waals surface area (Å²) in [6.07, 6.45) is 1.71. The van der Waals surface area contributed by atoms with Gasteiger partial charge < -0.3 is 10.1 Å². The fourth-order valence-electron chi connectivity index (χ4n) is 1.89. The quantitative estimate of drug-likeness (QED) is 0.838. The largest absolute Gasteiger partial charge is 0.464 e. The topological polar surface area (TPSA) is 94.5 Å². The first-order valence-corrected chi connectivity index (χ1v) is 8.26. The van der Waals surface area contributed by atoms with Crippen LogP contribution in [0.2, 0.25) is 0 Å². The minimum Gasteiger partial charge on any atom is -0.464 e. The number of hydrogen-bond donors (Lipinski definition) is 1. The number of carbonyl (C=O) groups excluding carboxylic acids is 2. The molecule has 0 spiro atoms. The molecule has 24 heavy (non-hydrogen) atoms. The summed E-state index contributed by atoms with van der Waals surface area (Å²) in [5, 5.41) is 2.10. The third-order valence-electron chi connectivity index (χ3n) is 3.00. The Morgan fingerprint density at radius 3 is 2.50 bits per heavy atom. The second-order valence-corrected chi connectivity index (χ2v) is 6.58. The highest BCUT2D eigenvalue weighted by Crippen LogP contribution is 2.19. The van der Waals surface area contributed by atoms with Crippen molar-refractivity contribution in [1.82, 2.24) is 3.97 Å². The van der Waals surface area contributed by atoms with Crippen LogP contribution in [0.25, 0.3) is 0 Å². The molecule has 1 aromatic carbocycles. The van der Waals surface area contributed by atoms with Gasteiger partial charge in [-0.15, -0.1) is 0 Å². The van der Waals surface area contributed by atoms with Gasteiger partial charge in [-0.3, -0.25) is 4.79 Å². The summed E-state index contributed by atoms with van der Waals surface area (Å²) in [6.45, 7) is 0. The van der Waals surface area contributed by atoms with E-state index in [1.54, 1.807) is 0 Å². The van der Waals surface area contributed by atoms with E-state index >= 15 is 0 Å². The monoisotopic (exact) mass is 358 g/mol. The van der Waals surface area contributed by atoms with Crippen molar-refractivity contribution in [3.63, 3.8) is 0 Å². The van der Waals surface area contributed by atoms with Crippen molar-refractivity contribution < 1.29 is 31.5 Å². The molecule has 2 aromatic rings. The number of carbonyl (C=O) groups is 2. The Bertz CT molecular complexity index is 921. The van der Waals surface area contributed by atoms with Crippen LogP contribution >= 0.6 is 0 Å². The van der Waals surface area contributed by atoms with E-state index in [4.69, 9.17) is 0 Å². The van der Waals surface area contributed by atoms with Crippen LogP contribution in [-0.4, -0.2) is 37.6 Å². The molecule has 1 heterocycles. The molecule has 0 radical (unpaired) electrons. The molecule has 0 fully saturated rings. The van der Waals surface area contributed by atoms with Gasteiger partial charge in [-0.1, -0.05) is 6.07 Å². The number of rotatable bonds is 4. The Balaban J connectivity index is 2.42. The van der Waals surface area contributed by atoms with E-state index in [1.165, 1.54) is 6.07 Å². The maximum absolute atomic E-state index is 13.6. The molecule has 0 atom stereocenters. The van der Waals surface area contributed by atoms with Crippen molar-refractivity contribution in [2.24, 2.45) is 0 Å². The average Bonchev–Trinajstić information content (AvgIpc) is 2.96. The second kappa shape index (κ2) is 6.40. The minimum absolute atomic E-state index is 0.246. The molecule has 1 N–H and O–H groups in total. The third kappa shape index (κ3) is 3.43. The predicted octanol–water partition coefficient (Wildman–Crippen LogP) is 1.61. The van der Waals surface area contributed by atoms with E-state index in [0.717, 1.165) is 37.8 Å². The number of aromatic nitrogens is 1. The summed E-state index contributed by atoms with van der Waals surface area (Å²) in [5.41, 5.74) is -1.07. The molecule has 1 amide bonds. The lowest BCUT2D eigenvalue weighted by Gasteiger charge is -2.05. The number of esters is 1. The highest BCUT2D eigenvalue weighted by molar-refractivity contribution is 7.89. The first-order chi connectivity index (χ1) is 11.1. The van der Waals surface area contributed by atoms with Crippen LogP contribution in [-0.2, 0) is 14.8 Å². The fourth-order valence-corrected chi connectivity index (χ4v) is 2.68. The first kappa shape index (κ1) is 17.6. The van der Waals surface area contributed by atoms with Crippen LogP contribution in [0.3, 0.4) is 0 Å². The maximum Gasteiger partial charge on any atom is 0.355 e. The molecule has 0 saturated heterocycles. The Hall–Kier alpha value is -2.75. The van der Waals surface area contributed by atoms with Crippen LogP contribution in [0, 0.1) is 11.6 Å². The molecule has 0 aliphatic rings. The Morgan fingerprint density at radius 2 is 1.92 bits per heavy atom. The standard InChI is InChI=1S/C14H12F2N2O5S/c1-23-14(20)11-6-8(7-18(11)24(2,21)22)13(19)17-10-5-3-4-9(15)12(10)16/h3-7H,1-2H3,(H,17,19). The molecule has 128 valence electrons. The van der Waals surface area contributed by atoms with Crippen molar-refractivity contribution in [3.8, 4) is 0 Å². The number of anilines is 1. The van der Waals surface area contributed by atoms with Gasteiger partial charge in [-0.2, -0.15) is 0 Å². The first-order valence-electron chi connectivity index (χ1n) is 6.41. The summed E-state index contributed by atoms with van der Waals surface area (Å²) in [5.74, 6) is -4.32. The van der Waals surface area contributed by atoms with Crippen LogP contribution in [0.1, 0.15) is 20.8 Å². The van der Waals surface area contributed by atoms with Crippen LogP contribution < -0.4 is 5.32 Å². The second-order valence-electron chi connectivity index (χ2n) is 4.72. The number of ether oxygens (including phenoxy) is 1. The molecule has 0 saturated carbocycles. The number of nitrogens with one attached hydrogen (secondary N) is 1. The maximum atomic E-state index is 13.6. The summed E-state index contributed by atoms with van der Waals surface area (Å²) in [6, 6.07) is 4.17. The average molecular weight is 358 g/mol. The molecule has 0 unspecified atom stereocenters. The van der Waals surface area contributed by atoms with Crippen molar-refractivity contribution in [1.29, 1.82) is 0 Å². The zero-order chi connectivity index (χ0) is 18.1. The van der Waals surface area contributed by atoms with Crippen LogP contribution in [0.5, 0.6) is 0 Å². The number of halogens is 2. The highest BCUT2D eigenvalue weighted by Gasteiger charge is 2.23. The van der Waals surface area contributed by atoms with Gasteiger partial charge in [0.25, 0.3) is 5.91 Å². The Labute approximate surface area is 135 Å². The molecule has 0 aliphatic carbocycles. The number of hydrogen-bond acceptors (Lipinski definition) is 5. The molecule has 0 aliphatic heterocycles. The number of methoxy groups -OCH3 is 1. The van der Waals surface area contributed by atoms with E-state index in [2.05, 4.69) is 10.1 Å². The van der Waals surface area contributed by atoms with Gasteiger partial charge in [0.05, 0.1) is 24.6 Å². The molecule has 10 heteroatoms. The summed E-state index contributed by atoms with van der Waals surface area (Å²) < 4.78 is 55.1. The fraction of sp³-hybridized carbons (Fsp3) is 0.143. The number of amides is 1. The molecular formula is C14H12F2N2O5S. The molecule has 1 aromatic heterocycles. The van der Waals surface area contributed by atoms with Gasteiger partial charge in [0.2, 0.25) is 10.0 Å². The van der Waals surface area contributed by atoms with Gasteiger partial charge >= 0.3 is 5.97 Å². The van der Waals surface area contributed by atoms with Gasteiger partial charge in [-0.25, -0.2) is 26.0 Å². The third-order valence-corrected chi connectivity index (χ3v) is 4.02. The van der Waals surface area contributed by atoms with E-state index in [0.29, 0.717) is 3.97 Å². The molecule has 0 bridgehead atoms. The predicted molar refractivity (Wildman–Crippen MR) is 80.3 cm³/mol. The van der Waals surface area contributed by atoms with E-state index < -0.39 is 44.9 Å². The van der Waals surface area contributed by atoms with Crippen molar-refractivity contribution in [3.05, 3.63) is 53.4 Å². The summed E-state index contributed by atoms with van der Waals surface area (Å²) in [4.78, 5) is 23.7. The van der Waals surface area contributed by atoms with Crippen molar-refractivity contribution in [2.45, 2.75) is 0 Å². The summed E-state index contributed by atoms with van der Waals surface area (Å²) >= 11 is 0. The zero-order valence-corrected chi connectivity index (χ0v) is 13.4. The lowest BCUT2D eigenvalue weighted by Crippen LogP contribution is -2.16. The lowest BCUT2D eigenvalue weighted by atomic mass is 10.2. The van der Waals surface area contributed by atoms with Gasteiger partial charge in [0.1, 0.15) is 5.69 Å². The van der Waals surface area contributed by atoms with E-state index in [1.807, 2.05) is 0 Å². The smallest absolute Gasteiger partial charge is 0.355 e. The summed E-state index contributed by atoms with van der Waals surface area (Å²) in [7, 11) is -2.84. The van der Waals surface area contributed by atoms with Gasteiger partial charge in [0.15, 0.2) is 11.6 Å².